The first-order valence-corrected chi connectivity index (χ1v) is 6.95. The highest BCUT2D eigenvalue weighted by Crippen LogP contribution is 2.15. The number of carbonyl (C=O) groups excluding carboxylic acids is 1. The highest BCUT2D eigenvalue weighted by Gasteiger charge is 2.20. The lowest BCUT2D eigenvalue weighted by Gasteiger charge is -2.26. The summed E-state index contributed by atoms with van der Waals surface area (Å²) in [6.45, 7) is 6.59. The third-order valence-electron chi connectivity index (χ3n) is 3.31. The van der Waals surface area contributed by atoms with Crippen molar-refractivity contribution >= 4 is 5.91 Å². The zero-order valence-electron chi connectivity index (χ0n) is 12.1. The number of hydrogen-bond donors (Lipinski definition) is 1. The van der Waals surface area contributed by atoms with Crippen molar-refractivity contribution in [1.29, 1.82) is 0 Å². The maximum Gasteiger partial charge on any atom is 0.222 e. The van der Waals surface area contributed by atoms with Crippen LogP contribution in [0.2, 0.25) is 0 Å². The summed E-state index contributed by atoms with van der Waals surface area (Å²) in [5.41, 5.74) is -0.445. The molecule has 1 aliphatic rings. The van der Waals surface area contributed by atoms with E-state index in [0.717, 1.165) is 0 Å². The molecule has 0 bridgehead atoms. The average molecular weight is 282 g/mol. The van der Waals surface area contributed by atoms with Crippen LogP contribution in [0.1, 0.15) is 32.4 Å². The van der Waals surface area contributed by atoms with Gasteiger partial charge in [-0.3, -0.25) is 9.48 Å². The summed E-state index contributed by atoms with van der Waals surface area (Å²) in [5, 5.41) is 17.7. The molecule has 1 aromatic heterocycles. The lowest BCUT2D eigenvalue weighted by molar-refractivity contribution is -0.135. The molecule has 0 unspecified atom stereocenters. The number of aromatic nitrogens is 3. The van der Waals surface area contributed by atoms with Gasteiger partial charge in [-0.15, -0.1) is 5.10 Å². The second-order valence-electron chi connectivity index (χ2n) is 5.52. The number of aliphatic hydroxyl groups is 1. The van der Waals surface area contributed by atoms with Gasteiger partial charge in [0.25, 0.3) is 0 Å². The molecule has 1 saturated heterocycles. The number of rotatable bonds is 5. The molecule has 7 nitrogen and oxygen atoms in total. The number of aryl methyl sites for hydroxylation is 1. The Labute approximate surface area is 118 Å². The lowest BCUT2D eigenvalue weighted by atomic mass is 10.1. The van der Waals surface area contributed by atoms with Gasteiger partial charge in [0.1, 0.15) is 11.3 Å². The quantitative estimate of drug-likeness (QED) is 0.831. The maximum absolute atomic E-state index is 11.9. The van der Waals surface area contributed by atoms with Crippen LogP contribution in [0.5, 0.6) is 0 Å². The van der Waals surface area contributed by atoms with Gasteiger partial charge in [0.05, 0.1) is 19.4 Å². The molecular weight excluding hydrogens is 260 g/mol. The van der Waals surface area contributed by atoms with Crippen molar-refractivity contribution in [1.82, 2.24) is 19.9 Å². The smallest absolute Gasteiger partial charge is 0.222 e. The van der Waals surface area contributed by atoms with E-state index in [0.29, 0.717) is 51.4 Å². The molecule has 20 heavy (non-hydrogen) atoms. The average Bonchev–Trinajstić information content (AvgIpc) is 2.88. The van der Waals surface area contributed by atoms with Gasteiger partial charge in [-0.05, 0) is 20.3 Å². The molecular formula is C13H22N4O3. The first kappa shape index (κ1) is 14.9. The van der Waals surface area contributed by atoms with Crippen LogP contribution in [0, 0.1) is 0 Å². The summed E-state index contributed by atoms with van der Waals surface area (Å²) >= 11 is 0. The van der Waals surface area contributed by atoms with E-state index < -0.39 is 5.60 Å². The van der Waals surface area contributed by atoms with Crippen LogP contribution in [0.3, 0.4) is 0 Å². The Morgan fingerprint density at radius 2 is 2.15 bits per heavy atom. The van der Waals surface area contributed by atoms with E-state index in [1.165, 1.54) is 0 Å². The minimum atomic E-state index is -0.984. The monoisotopic (exact) mass is 282 g/mol. The van der Waals surface area contributed by atoms with Crippen molar-refractivity contribution in [3.05, 3.63) is 11.9 Å². The predicted molar refractivity (Wildman–Crippen MR) is 71.9 cm³/mol. The molecule has 0 radical (unpaired) electrons. The predicted octanol–water partition coefficient (Wildman–Crippen LogP) is 0.144. The first-order valence-electron chi connectivity index (χ1n) is 6.95. The number of ether oxygens (including phenoxy) is 1. The molecule has 112 valence electrons. The molecule has 1 amide bonds. The summed E-state index contributed by atoms with van der Waals surface area (Å²) in [5.74, 6) is 0.163. The fraction of sp³-hybridized carbons (Fsp3) is 0.769. The van der Waals surface area contributed by atoms with E-state index in [4.69, 9.17) is 4.74 Å². The molecule has 0 aliphatic carbocycles. The van der Waals surface area contributed by atoms with Crippen LogP contribution in [0.15, 0.2) is 6.20 Å². The fourth-order valence-corrected chi connectivity index (χ4v) is 2.05. The highest BCUT2D eigenvalue weighted by atomic mass is 16.5. The van der Waals surface area contributed by atoms with Crippen LogP contribution in [0.4, 0.5) is 0 Å². The van der Waals surface area contributed by atoms with Gasteiger partial charge in [0.2, 0.25) is 5.91 Å². The van der Waals surface area contributed by atoms with Crippen molar-refractivity contribution in [2.24, 2.45) is 0 Å². The summed E-state index contributed by atoms with van der Waals surface area (Å²) in [6.07, 6.45) is 2.93. The molecule has 0 saturated carbocycles. The number of carbonyl (C=O) groups is 1. The topological polar surface area (TPSA) is 80.5 Å². The summed E-state index contributed by atoms with van der Waals surface area (Å²) in [7, 11) is 0. The van der Waals surface area contributed by atoms with E-state index in [1.807, 2.05) is 4.90 Å². The van der Waals surface area contributed by atoms with Crippen LogP contribution in [0.25, 0.3) is 0 Å². The Morgan fingerprint density at radius 3 is 2.75 bits per heavy atom. The fourth-order valence-electron chi connectivity index (χ4n) is 2.05. The Bertz CT molecular complexity index is 447. The molecule has 1 aliphatic heterocycles. The van der Waals surface area contributed by atoms with Crippen molar-refractivity contribution in [3.63, 3.8) is 0 Å². The zero-order valence-corrected chi connectivity index (χ0v) is 12.1. The van der Waals surface area contributed by atoms with E-state index in [2.05, 4.69) is 10.3 Å². The molecule has 0 aromatic carbocycles. The Hall–Kier alpha value is -1.47. The van der Waals surface area contributed by atoms with Gasteiger partial charge in [0.15, 0.2) is 0 Å². The Kier molecular flexibility index (Phi) is 4.72. The molecule has 0 atom stereocenters. The third kappa shape index (κ3) is 4.01. The maximum atomic E-state index is 11.9. The molecule has 0 spiro atoms. The van der Waals surface area contributed by atoms with Gasteiger partial charge < -0.3 is 14.7 Å². The number of amides is 1. The van der Waals surface area contributed by atoms with Crippen molar-refractivity contribution < 1.29 is 14.6 Å². The van der Waals surface area contributed by atoms with E-state index in [9.17, 15) is 9.90 Å². The SMILES string of the molecule is CC(C)(O)c1cn(CCCC(=O)N2CCOCC2)nn1. The van der Waals surface area contributed by atoms with Gasteiger partial charge >= 0.3 is 0 Å². The van der Waals surface area contributed by atoms with Crippen LogP contribution < -0.4 is 0 Å². The summed E-state index contributed by atoms with van der Waals surface area (Å²) < 4.78 is 6.88. The molecule has 1 aromatic rings. The van der Waals surface area contributed by atoms with Crippen molar-refractivity contribution in [2.75, 3.05) is 26.3 Å². The van der Waals surface area contributed by atoms with Crippen LogP contribution >= 0.6 is 0 Å². The third-order valence-corrected chi connectivity index (χ3v) is 3.31. The van der Waals surface area contributed by atoms with E-state index in [-0.39, 0.29) is 5.91 Å². The molecule has 7 heteroatoms. The molecule has 1 fully saturated rings. The molecule has 1 N–H and O–H groups in total. The number of nitrogens with zero attached hydrogens (tertiary/aromatic N) is 4. The van der Waals surface area contributed by atoms with Gasteiger partial charge in [-0.2, -0.15) is 0 Å². The largest absolute Gasteiger partial charge is 0.384 e. The minimum absolute atomic E-state index is 0.163. The summed E-state index contributed by atoms with van der Waals surface area (Å²) in [4.78, 5) is 13.8. The lowest BCUT2D eigenvalue weighted by Crippen LogP contribution is -2.40. The Morgan fingerprint density at radius 1 is 1.45 bits per heavy atom. The Balaban J connectivity index is 1.75. The standard InChI is InChI=1S/C13H22N4O3/c1-13(2,19)11-10-17(15-14-11)5-3-4-12(18)16-6-8-20-9-7-16/h10,19H,3-9H2,1-2H3. The van der Waals surface area contributed by atoms with Gasteiger partial charge in [-0.25, -0.2) is 0 Å². The van der Waals surface area contributed by atoms with Crippen LogP contribution in [-0.2, 0) is 21.7 Å². The highest BCUT2D eigenvalue weighted by molar-refractivity contribution is 5.76. The zero-order chi connectivity index (χ0) is 14.6. The van der Waals surface area contributed by atoms with Gasteiger partial charge in [0, 0.05) is 26.1 Å². The van der Waals surface area contributed by atoms with E-state index in [1.54, 1.807) is 24.7 Å². The number of morpholine rings is 1. The van der Waals surface area contributed by atoms with Crippen molar-refractivity contribution in [2.45, 2.75) is 38.8 Å². The molecule has 2 rings (SSSR count). The first-order chi connectivity index (χ1) is 9.47. The van der Waals surface area contributed by atoms with E-state index >= 15 is 0 Å². The molecule has 2 heterocycles. The van der Waals surface area contributed by atoms with Crippen molar-refractivity contribution in [3.8, 4) is 0 Å². The summed E-state index contributed by atoms with van der Waals surface area (Å²) in [6, 6.07) is 0. The second-order valence-corrected chi connectivity index (χ2v) is 5.52. The number of hydrogen-bond acceptors (Lipinski definition) is 5. The second kappa shape index (κ2) is 6.32. The minimum Gasteiger partial charge on any atom is -0.384 e. The normalized spacial score (nSPS) is 16.4. The van der Waals surface area contributed by atoms with Gasteiger partial charge in [-0.1, -0.05) is 5.21 Å². The van der Waals surface area contributed by atoms with Crippen LogP contribution in [-0.4, -0.2) is 57.2 Å².